The summed E-state index contributed by atoms with van der Waals surface area (Å²) in [5, 5.41) is 0. The molecule has 1 aromatic carbocycles. The number of rotatable bonds is 5. The molecule has 84 valence electrons. The Balaban J connectivity index is 1.69. The second kappa shape index (κ2) is 5.35. The minimum Gasteiger partial charge on any atom is -0.369 e. The first kappa shape index (κ1) is 10.7. The highest BCUT2D eigenvalue weighted by Gasteiger charge is 1.97. The zero-order valence-electron chi connectivity index (χ0n) is 9.32. The number of hydrogen-bond acceptors (Lipinski definition) is 2. The van der Waals surface area contributed by atoms with Crippen LogP contribution in [0, 0.1) is 0 Å². The van der Waals surface area contributed by atoms with Crippen molar-refractivity contribution >= 4 is 5.95 Å². The number of H-pyrrole nitrogens is 1. The SMILES string of the molecule is Nc1ncc(CCCCc2ccccc2)[nH]1. The van der Waals surface area contributed by atoms with Gasteiger partial charge in [-0.25, -0.2) is 4.98 Å². The lowest BCUT2D eigenvalue weighted by atomic mass is 10.1. The molecule has 0 saturated heterocycles. The average molecular weight is 215 g/mol. The van der Waals surface area contributed by atoms with Crippen molar-refractivity contribution < 1.29 is 0 Å². The Labute approximate surface area is 95.7 Å². The topological polar surface area (TPSA) is 54.7 Å². The van der Waals surface area contributed by atoms with Crippen molar-refractivity contribution in [3.8, 4) is 0 Å². The maximum Gasteiger partial charge on any atom is 0.197 e. The molecule has 1 heterocycles. The van der Waals surface area contributed by atoms with Crippen molar-refractivity contribution in [1.82, 2.24) is 9.97 Å². The zero-order valence-corrected chi connectivity index (χ0v) is 9.32. The quantitative estimate of drug-likeness (QED) is 0.753. The first-order valence-electron chi connectivity index (χ1n) is 5.68. The highest BCUT2D eigenvalue weighted by atomic mass is 15.0. The number of imidazole rings is 1. The summed E-state index contributed by atoms with van der Waals surface area (Å²) in [6.07, 6.45) is 6.35. The summed E-state index contributed by atoms with van der Waals surface area (Å²) >= 11 is 0. The lowest BCUT2D eigenvalue weighted by molar-refractivity contribution is 0.725. The van der Waals surface area contributed by atoms with Crippen LogP contribution in [0.3, 0.4) is 0 Å². The Hall–Kier alpha value is -1.77. The van der Waals surface area contributed by atoms with Crippen LogP contribution in [-0.2, 0) is 12.8 Å². The number of anilines is 1. The molecule has 2 rings (SSSR count). The third kappa shape index (κ3) is 3.12. The second-order valence-corrected chi connectivity index (χ2v) is 3.99. The monoisotopic (exact) mass is 215 g/mol. The molecule has 0 aliphatic carbocycles. The van der Waals surface area contributed by atoms with E-state index in [-0.39, 0.29) is 0 Å². The van der Waals surface area contributed by atoms with Crippen LogP contribution in [0.1, 0.15) is 24.1 Å². The van der Waals surface area contributed by atoms with Gasteiger partial charge in [-0.1, -0.05) is 30.3 Å². The molecule has 0 atom stereocenters. The molecular weight excluding hydrogens is 198 g/mol. The molecule has 0 radical (unpaired) electrons. The number of nitrogens with two attached hydrogens (primary N) is 1. The number of benzene rings is 1. The molecule has 0 aliphatic rings. The van der Waals surface area contributed by atoms with Gasteiger partial charge in [0.25, 0.3) is 0 Å². The van der Waals surface area contributed by atoms with Gasteiger partial charge in [0.05, 0.1) is 6.20 Å². The molecule has 0 bridgehead atoms. The highest BCUT2D eigenvalue weighted by molar-refractivity contribution is 5.18. The number of aromatic nitrogens is 2. The van der Waals surface area contributed by atoms with E-state index in [1.807, 2.05) is 6.20 Å². The summed E-state index contributed by atoms with van der Waals surface area (Å²) in [4.78, 5) is 7.02. The number of nitrogens with one attached hydrogen (secondary N) is 1. The van der Waals surface area contributed by atoms with Crippen LogP contribution >= 0.6 is 0 Å². The van der Waals surface area contributed by atoms with Gasteiger partial charge in [0.15, 0.2) is 5.95 Å². The molecule has 0 aliphatic heterocycles. The van der Waals surface area contributed by atoms with Crippen molar-refractivity contribution in [1.29, 1.82) is 0 Å². The number of nitrogens with zero attached hydrogens (tertiary/aromatic N) is 1. The van der Waals surface area contributed by atoms with Crippen LogP contribution in [0.15, 0.2) is 36.5 Å². The largest absolute Gasteiger partial charge is 0.369 e. The summed E-state index contributed by atoms with van der Waals surface area (Å²) in [5.41, 5.74) is 8.05. The van der Waals surface area contributed by atoms with Gasteiger partial charge in [-0.15, -0.1) is 0 Å². The Morgan fingerprint density at radius 1 is 1.06 bits per heavy atom. The van der Waals surface area contributed by atoms with Gasteiger partial charge in [-0.2, -0.15) is 0 Å². The maximum absolute atomic E-state index is 5.51. The maximum atomic E-state index is 5.51. The van der Waals surface area contributed by atoms with Crippen molar-refractivity contribution in [3.05, 3.63) is 47.8 Å². The standard InChI is InChI=1S/C13H17N3/c14-13-15-10-12(16-13)9-5-4-8-11-6-2-1-3-7-11/h1-3,6-7,10H,4-5,8-9H2,(H3,14,15,16). The minimum atomic E-state index is 0.512. The molecule has 0 spiro atoms. The van der Waals surface area contributed by atoms with E-state index in [0.717, 1.165) is 25.0 Å². The van der Waals surface area contributed by atoms with E-state index in [0.29, 0.717) is 5.95 Å². The third-order valence-corrected chi connectivity index (χ3v) is 2.65. The van der Waals surface area contributed by atoms with Crippen LogP contribution < -0.4 is 5.73 Å². The molecular formula is C13H17N3. The number of nitrogen functional groups attached to an aromatic ring is 1. The van der Waals surface area contributed by atoms with Crippen LogP contribution in [0.25, 0.3) is 0 Å². The molecule has 3 nitrogen and oxygen atoms in total. The number of aromatic amines is 1. The van der Waals surface area contributed by atoms with Gasteiger partial charge >= 0.3 is 0 Å². The van der Waals surface area contributed by atoms with Crippen molar-refractivity contribution in [3.63, 3.8) is 0 Å². The first-order valence-corrected chi connectivity index (χ1v) is 5.68. The number of aryl methyl sites for hydroxylation is 2. The normalized spacial score (nSPS) is 10.5. The molecule has 3 N–H and O–H groups in total. The summed E-state index contributed by atoms with van der Waals surface area (Å²) in [6, 6.07) is 10.6. The van der Waals surface area contributed by atoms with Gasteiger partial charge in [0.2, 0.25) is 0 Å². The minimum absolute atomic E-state index is 0.512. The van der Waals surface area contributed by atoms with E-state index in [2.05, 4.69) is 40.3 Å². The van der Waals surface area contributed by atoms with Crippen molar-refractivity contribution in [2.75, 3.05) is 5.73 Å². The fourth-order valence-corrected chi connectivity index (χ4v) is 1.79. The average Bonchev–Trinajstić information content (AvgIpc) is 2.72. The fourth-order valence-electron chi connectivity index (χ4n) is 1.79. The summed E-state index contributed by atoms with van der Waals surface area (Å²) in [6.45, 7) is 0. The third-order valence-electron chi connectivity index (χ3n) is 2.65. The number of hydrogen-bond donors (Lipinski definition) is 2. The van der Waals surface area contributed by atoms with E-state index in [1.165, 1.54) is 12.0 Å². The molecule has 2 aromatic rings. The van der Waals surface area contributed by atoms with Crippen LogP contribution in [0.5, 0.6) is 0 Å². The summed E-state index contributed by atoms with van der Waals surface area (Å²) in [5.74, 6) is 0.512. The van der Waals surface area contributed by atoms with E-state index < -0.39 is 0 Å². The molecule has 16 heavy (non-hydrogen) atoms. The van der Waals surface area contributed by atoms with Gasteiger partial charge in [0, 0.05) is 5.69 Å². The first-order chi connectivity index (χ1) is 7.84. The fraction of sp³-hybridized carbons (Fsp3) is 0.308. The molecule has 0 saturated carbocycles. The van der Waals surface area contributed by atoms with Crippen LogP contribution in [0.2, 0.25) is 0 Å². The van der Waals surface area contributed by atoms with E-state index in [4.69, 9.17) is 5.73 Å². The predicted molar refractivity (Wildman–Crippen MR) is 66.1 cm³/mol. The Morgan fingerprint density at radius 2 is 1.81 bits per heavy atom. The zero-order chi connectivity index (χ0) is 11.2. The van der Waals surface area contributed by atoms with Gasteiger partial charge < -0.3 is 10.7 Å². The molecule has 1 aromatic heterocycles. The highest BCUT2D eigenvalue weighted by Crippen LogP contribution is 2.08. The van der Waals surface area contributed by atoms with Crippen LogP contribution in [0.4, 0.5) is 5.95 Å². The molecule has 0 unspecified atom stereocenters. The second-order valence-electron chi connectivity index (χ2n) is 3.99. The van der Waals surface area contributed by atoms with Crippen LogP contribution in [-0.4, -0.2) is 9.97 Å². The Kier molecular flexibility index (Phi) is 3.59. The van der Waals surface area contributed by atoms with Gasteiger partial charge in [-0.05, 0) is 31.2 Å². The van der Waals surface area contributed by atoms with Crippen molar-refractivity contribution in [2.45, 2.75) is 25.7 Å². The van der Waals surface area contributed by atoms with Gasteiger partial charge in [-0.3, -0.25) is 0 Å². The lowest BCUT2D eigenvalue weighted by Crippen LogP contribution is -1.90. The summed E-state index contributed by atoms with van der Waals surface area (Å²) in [7, 11) is 0. The Bertz CT molecular complexity index is 420. The Morgan fingerprint density at radius 3 is 2.50 bits per heavy atom. The smallest absolute Gasteiger partial charge is 0.197 e. The molecule has 0 fully saturated rings. The van der Waals surface area contributed by atoms with E-state index in [9.17, 15) is 0 Å². The lowest BCUT2D eigenvalue weighted by Gasteiger charge is -2.00. The van der Waals surface area contributed by atoms with E-state index >= 15 is 0 Å². The van der Waals surface area contributed by atoms with Crippen molar-refractivity contribution in [2.24, 2.45) is 0 Å². The summed E-state index contributed by atoms with van der Waals surface area (Å²) < 4.78 is 0. The molecule has 0 amide bonds. The molecule has 3 heteroatoms. The predicted octanol–water partition coefficient (Wildman–Crippen LogP) is 2.56. The van der Waals surface area contributed by atoms with E-state index in [1.54, 1.807) is 0 Å². The van der Waals surface area contributed by atoms with Gasteiger partial charge in [0.1, 0.15) is 0 Å². The number of unbranched alkanes of at least 4 members (excludes halogenated alkanes) is 1.